The molecule has 138 valence electrons. The van der Waals surface area contributed by atoms with Crippen molar-refractivity contribution in [1.29, 1.82) is 5.26 Å². The van der Waals surface area contributed by atoms with E-state index >= 15 is 0 Å². The van der Waals surface area contributed by atoms with E-state index in [0.29, 0.717) is 11.8 Å². The summed E-state index contributed by atoms with van der Waals surface area (Å²) < 4.78 is 0. The minimum Gasteiger partial charge on any atom is -0.198 e. The van der Waals surface area contributed by atoms with Crippen molar-refractivity contribution in [2.75, 3.05) is 0 Å². The number of nitrogens with zero attached hydrogens (tertiary/aromatic N) is 1. The maximum atomic E-state index is 9.59. The lowest BCUT2D eigenvalue weighted by Gasteiger charge is -2.33. The molecule has 2 saturated carbocycles. The molecule has 0 aliphatic heterocycles. The Bertz CT molecular complexity index is 355. The summed E-state index contributed by atoms with van der Waals surface area (Å²) in [5.41, 5.74) is 0. The van der Waals surface area contributed by atoms with Gasteiger partial charge in [-0.2, -0.15) is 5.26 Å². The first-order valence-corrected chi connectivity index (χ1v) is 11.1. The lowest BCUT2D eigenvalue weighted by Crippen LogP contribution is -2.22. The van der Waals surface area contributed by atoms with Gasteiger partial charge in [0, 0.05) is 5.92 Å². The highest BCUT2D eigenvalue weighted by atomic mass is 14.4. The summed E-state index contributed by atoms with van der Waals surface area (Å²) >= 11 is 0. The molecule has 0 amide bonds. The summed E-state index contributed by atoms with van der Waals surface area (Å²) in [7, 11) is 0. The number of rotatable bonds is 9. The predicted octanol–water partition coefficient (Wildman–Crippen LogP) is 7.51. The molecule has 2 fully saturated rings. The fraction of sp³-hybridized carbons (Fsp3) is 0.957. The Kier molecular flexibility index (Phi) is 9.22. The van der Waals surface area contributed by atoms with Crippen LogP contribution < -0.4 is 0 Å². The first-order valence-electron chi connectivity index (χ1n) is 11.1. The van der Waals surface area contributed by atoms with Gasteiger partial charge in [0.25, 0.3) is 0 Å². The second-order valence-electron chi connectivity index (χ2n) is 8.96. The Balaban J connectivity index is 1.65. The van der Waals surface area contributed by atoms with Crippen LogP contribution in [0.5, 0.6) is 0 Å². The van der Waals surface area contributed by atoms with E-state index in [1.807, 2.05) is 0 Å². The van der Waals surface area contributed by atoms with E-state index in [1.54, 1.807) is 0 Å². The van der Waals surface area contributed by atoms with Gasteiger partial charge in [-0.3, -0.25) is 0 Å². The molecule has 2 rings (SSSR count). The third-order valence-corrected chi connectivity index (χ3v) is 7.23. The maximum Gasteiger partial charge on any atom is 0.0658 e. The van der Waals surface area contributed by atoms with Crippen LogP contribution in [-0.4, -0.2) is 0 Å². The minimum atomic E-state index is 0.345. The zero-order valence-electron chi connectivity index (χ0n) is 16.4. The van der Waals surface area contributed by atoms with Crippen LogP contribution in [0.3, 0.4) is 0 Å². The van der Waals surface area contributed by atoms with Gasteiger partial charge < -0.3 is 0 Å². The monoisotopic (exact) mass is 331 g/mol. The molecule has 0 spiro atoms. The van der Waals surface area contributed by atoms with Gasteiger partial charge in [-0.25, -0.2) is 0 Å². The minimum absolute atomic E-state index is 0.345. The lowest BCUT2D eigenvalue weighted by molar-refractivity contribution is 0.185. The Hall–Kier alpha value is -0.510. The molecular formula is C23H41N. The van der Waals surface area contributed by atoms with Crippen molar-refractivity contribution in [2.45, 2.75) is 110 Å². The third-order valence-electron chi connectivity index (χ3n) is 7.23. The molecule has 2 atom stereocenters. The first kappa shape index (κ1) is 19.8. The zero-order valence-corrected chi connectivity index (χ0v) is 16.4. The average molecular weight is 332 g/mol. The molecule has 0 aromatic rings. The zero-order chi connectivity index (χ0) is 17.2. The molecule has 24 heavy (non-hydrogen) atoms. The molecule has 0 saturated heterocycles. The average Bonchev–Trinajstić information content (AvgIpc) is 2.64. The summed E-state index contributed by atoms with van der Waals surface area (Å²) in [6, 6.07) is 2.67. The lowest BCUT2D eigenvalue weighted by atomic mass is 9.72. The van der Waals surface area contributed by atoms with Crippen LogP contribution >= 0.6 is 0 Å². The third kappa shape index (κ3) is 6.42. The SMILES string of the molecule is CCCCCC1CCC(C(C)CCC(C#N)C2CCCCC2)CC1. The summed E-state index contributed by atoms with van der Waals surface area (Å²) in [6.07, 6.45) is 20.8. The highest BCUT2D eigenvalue weighted by molar-refractivity contribution is 4.90. The topological polar surface area (TPSA) is 23.8 Å². The van der Waals surface area contributed by atoms with E-state index in [9.17, 15) is 5.26 Å². The van der Waals surface area contributed by atoms with Gasteiger partial charge in [0.2, 0.25) is 0 Å². The van der Waals surface area contributed by atoms with Gasteiger partial charge in [0.15, 0.2) is 0 Å². The summed E-state index contributed by atoms with van der Waals surface area (Å²) in [5, 5.41) is 9.59. The fourth-order valence-corrected chi connectivity index (χ4v) is 5.35. The fourth-order valence-electron chi connectivity index (χ4n) is 5.35. The van der Waals surface area contributed by atoms with Crippen molar-refractivity contribution in [1.82, 2.24) is 0 Å². The first-order chi connectivity index (χ1) is 11.7. The van der Waals surface area contributed by atoms with Crippen LogP contribution in [0.4, 0.5) is 0 Å². The van der Waals surface area contributed by atoms with Gasteiger partial charge in [0.05, 0.1) is 6.07 Å². The van der Waals surface area contributed by atoms with Gasteiger partial charge in [-0.05, 0) is 62.2 Å². The highest BCUT2D eigenvalue weighted by Gasteiger charge is 2.27. The quantitative estimate of drug-likeness (QED) is 0.401. The smallest absolute Gasteiger partial charge is 0.0658 e. The van der Waals surface area contributed by atoms with Crippen molar-refractivity contribution in [3.05, 3.63) is 0 Å². The molecule has 0 radical (unpaired) electrons. The van der Waals surface area contributed by atoms with E-state index in [1.165, 1.54) is 96.3 Å². The van der Waals surface area contributed by atoms with Crippen LogP contribution in [0.25, 0.3) is 0 Å². The Morgan fingerprint density at radius 1 is 0.875 bits per heavy atom. The van der Waals surface area contributed by atoms with Crippen molar-refractivity contribution in [2.24, 2.45) is 29.6 Å². The van der Waals surface area contributed by atoms with Crippen LogP contribution in [0.1, 0.15) is 110 Å². The van der Waals surface area contributed by atoms with E-state index in [4.69, 9.17) is 0 Å². The van der Waals surface area contributed by atoms with Gasteiger partial charge in [0.1, 0.15) is 0 Å². The number of unbranched alkanes of at least 4 members (excludes halogenated alkanes) is 2. The van der Waals surface area contributed by atoms with Crippen LogP contribution in [0, 0.1) is 40.9 Å². The standard InChI is InChI=1S/C23H41N/c1-3-4-6-9-20-13-16-21(17-14-20)19(2)12-15-23(18-24)22-10-7-5-8-11-22/h19-23H,3-17H2,1-2H3. The maximum absolute atomic E-state index is 9.59. The molecule has 2 aliphatic carbocycles. The van der Waals surface area contributed by atoms with E-state index in [2.05, 4.69) is 19.9 Å². The number of hydrogen-bond acceptors (Lipinski definition) is 1. The number of hydrogen-bond donors (Lipinski definition) is 0. The highest BCUT2D eigenvalue weighted by Crippen LogP contribution is 2.39. The van der Waals surface area contributed by atoms with Crippen LogP contribution in [0.15, 0.2) is 0 Å². The molecule has 2 unspecified atom stereocenters. The van der Waals surface area contributed by atoms with Crippen molar-refractivity contribution in [3.63, 3.8) is 0 Å². The van der Waals surface area contributed by atoms with Crippen LogP contribution in [0.2, 0.25) is 0 Å². The molecule has 1 heteroatoms. The van der Waals surface area contributed by atoms with Crippen molar-refractivity contribution < 1.29 is 0 Å². The second kappa shape index (κ2) is 11.2. The summed E-state index contributed by atoms with van der Waals surface area (Å²) in [5.74, 6) is 3.86. The second-order valence-corrected chi connectivity index (χ2v) is 8.96. The largest absolute Gasteiger partial charge is 0.198 e. The van der Waals surface area contributed by atoms with E-state index < -0.39 is 0 Å². The molecule has 1 nitrogen and oxygen atoms in total. The van der Waals surface area contributed by atoms with Gasteiger partial charge >= 0.3 is 0 Å². The molecule has 0 bridgehead atoms. The van der Waals surface area contributed by atoms with Crippen LogP contribution in [-0.2, 0) is 0 Å². The Labute approximate surface area is 151 Å². The molecule has 0 aromatic carbocycles. The molecule has 2 aliphatic rings. The normalized spacial score (nSPS) is 28.2. The van der Waals surface area contributed by atoms with Gasteiger partial charge in [-0.15, -0.1) is 0 Å². The van der Waals surface area contributed by atoms with E-state index in [0.717, 1.165) is 17.8 Å². The summed E-state index contributed by atoms with van der Waals surface area (Å²) in [6.45, 7) is 4.78. The number of nitriles is 1. The molecule has 0 N–H and O–H groups in total. The van der Waals surface area contributed by atoms with Crippen molar-refractivity contribution >= 4 is 0 Å². The Morgan fingerprint density at radius 3 is 2.21 bits per heavy atom. The van der Waals surface area contributed by atoms with E-state index in [-0.39, 0.29) is 0 Å². The predicted molar refractivity (Wildman–Crippen MR) is 104 cm³/mol. The molecular weight excluding hydrogens is 290 g/mol. The Morgan fingerprint density at radius 2 is 1.58 bits per heavy atom. The van der Waals surface area contributed by atoms with Crippen molar-refractivity contribution in [3.8, 4) is 6.07 Å². The summed E-state index contributed by atoms with van der Waals surface area (Å²) in [4.78, 5) is 0. The van der Waals surface area contributed by atoms with Gasteiger partial charge in [-0.1, -0.05) is 71.6 Å². The molecule has 0 aromatic heterocycles. The molecule has 0 heterocycles.